The van der Waals surface area contributed by atoms with Gasteiger partial charge in [0.15, 0.2) is 4.80 Å². The van der Waals surface area contributed by atoms with Gasteiger partial charge in [-0.2, -0.15) is 0 Å². The first-order valence-corrected chi connectivity index (χ1v) is 14.3. The van der Waals surface area contributed by atoms with Crippen LogP contribution in [-0.2, 0) is 16.1 Å². The number of benzene rings is 3. The number of rotatable bonds is 7. The van der Waals surface area contributed by atoms with Gasteiger partial charge < -0.3 is 14.2 Å². The van der Waals surface area contributed by atoms with E-state index in [1.807, 2.05) is 12.1 Å². The Labute approximate surface area is 251 Å². The molecule has 1 aromatic heterocycles. The van der Waals surface area contributed by atoms with Crippen molar-refractivity contribution in [1.29, 1.82) is 0 Å². The second-order valence-electron chi connectivity index (χ2n) is 9.06. The maximum Gasteiger partial charge on any atom is 0.338 e. The van der Waals surface area contributed by atoms with Crippen molar-refractivity contribution in [2.75, 3.05) is 14.2 Å². The molecule has 0 aliphatic carbocycles. The Morgan fingerprint density at radius 3 is 2.54 bits per heavy atom. The third-order valence-corrected chi connectivity index (χ3v) is 8.31. The van der Waals surface area contributed by atoms with Gasteiger partial charge in [0.2, 0.25) is 0 Å². The van der Waals surface area contributed by atoms with Crippen LogP contribution in [0.5, 0.6) is 11.5 Å². The molecule has 4 aromatic rings. The first-order chi connectivity index (χ1) is 19.7. The lowest BCUT2D eigenvalue weighted by Gasteiger charge is -2.25. The fraction of sp³-hybridized carbons (Fsp3) is 0.167. The fourth-order valence-electron chi connectivity index (χ4n) is 4.52. The molecule has 2 heterocycles. The lowest BCUT2D eigenvalue weighted by atomic mass is 9.95. The van der Waals surface area contributed by atoms with Crippen LogP contribution in [-0.4, -0.2) is 24.8 Å². The van der Waals surface area contributed by atoms with Gasteiger partial charge in [-0.3, -0.25) is 9.36 Å². The van der Waals surface area contributed by atoms with Crippen molar-refractivity contribution in [1.82, 2.24) is 4.57 Å². The van der Waals surface area contributed by atoms with Gasteiger partial charge in [-0.1, -0.05) is 41.1 Å². The SMILES string of the molecule is COC(=O)C1=C(C)N=c2s/c(=C\c3ccc(OCc4ccc(F)cc4)c(Br)c3)c(=O)n2[C@@H]1c1cc(Cl)ccc1OC. The Morgan fingerprint density at radius 2 is 1.85 bits per heavy atom. The molecule has 1 aliphatic heterocycles. The summed E-state index contributed by atoms with van der Waals surface area (Å²) in [6, 6.07) is 15.7. The standard InChI is InChI=1S/C30H23BrClFN2O5S/c1-16-26(29(37)39-3)27(21-14-19(32)7-11-23(21)38-2)35-28(36)25(41-30(35)34-16)13-18-6-10-24(22(31)12-18)40-15-17-4-8-20(33)9-5-17/h4-14,27H,15H2,1-3H3/b25-13-/t27-/m1/s1. The average molecular weight is 658 g/mol. The zero-order valence-electron chi connectivity index (χ0n) is 22.1. The summed E-state index contributed by atoms with van der Waals surface area (Å²) in [7, 11) is 2.79. The number of fused-ring (bicyclic) bond motifs is 1. The monoisotopic (exact) mass is 656 g/mol. The van der Waals surface area contributed by atoms with E-state index in [1.54, 1.807) is 49.4 Å². The van der Waals surface area contributed by atoms with Crippen LogP contribution in [0.25, 0.3) is 6.08 Å². The highest BCUT2D eigenvalue weighted by Crippen LogP contribution is 2.37. The van der Waals surface area contributed by atoms with Crippen LogP contribution < -0.4 is 24.4 Å². The highest BCUT2D eigenvalue weighted by atomic mass is 79.9. The molecule has 41 heavy (non-hydrogen) atoms. The number of methoxy groups -OCH3 is 2. The Bertz CT molecular complexity index is 1870. The Kier molecular flexibility index (Phi) is 8.44. The molecule has 1 aliphatic rings. The van der Waals surface area contributed by atoms with Crippen LogP contribution in [0, 0.1) is 5.82 Å². The molecule has 0 saturated heterocycles. The summed E-state index contributed by atoms with van der Waals surface area (Å²) in [6.07, 6.45) is 1.75. The zero-order valence-corrected chi connectivity index (χ0v) is 25.3. The Balaban J connectivity index is 1.56. The Morgan fingerprint density at radius 1 is 1.12 bits per heavy atom. The third-order valence-electron chi connectivity index (χ3n) is 6.47. The predicted octanol–water partition coefficient (Wildman–Crippen LogP) is 5.55. The molecule has 0 amide bonds. The summed E-state index contributed by atoms with van der Waals surface area (Å²) in [4.78, 5) is 31.8. The predicted molar refractivity (Wildman–Crippen MR) is 159 cm³/mol. The van der Waals surface area contributed by atoms with Crippen molar-refractivity contribution in [2.24, 2.45) is 4.99 Å². The first kappa shape index (κ1) is 28.8. The van der Waals surface area contributed by atoms with Crippen molar-refractivity contribution in [3.63, 3.8) is 0 Å². The molecule has 0 fully saturated rings. The van der Waals surface area contributed by atoms with Gasteiger partial charge in [-0.05, 0) is 82.5 Å². The minimum Gasteiger partial charge on any atom is -0.496 e. The molecule has 0 spiro atoms. The van der Waals surface area contributed by atoms with E-state index >= 15 is 0 Å². The molecule has 0 bridgehead atoms. The van der Waals surface area contributed by atoms with Crippen molar-refractivity contribution in [3.05, 3.63) is 124 Å². The Hall–Kier alpha value is -3.73. The van der Waals surface area contributed by atoms with Crippen LogP contribution in [0.2, 0.25) is 5.02 Å². The second kappa shape index (κ2) is 12.0. The van der Waals surface area contributed by atoms with E-state index in [1.165, 1.54) is 42.3 Å². The molecule has 210 valence electrons. The van der Waals surface area contributed by atoms with E-state index in [0.29, 0.717) is 41.6 Å². The van der Waals surface area contributed by atoms with E-state index in [-0.39, 0.29) is 23.6 Å². The summed E-state index contributed by atoms with van der Waals surface area (Å²) >= 11 is 11.1. The fourth-order valence-corrected chi connectivity index (χ4v) is 6.26. The van der Waals surface area contributed by atoms with Gasteiger partial charge >= 0.3 is 5.97 Å². The maximum atomic E-state index is 13.9. The van der Waals surface area contributed by atoms with Crippen molar-refractivity contribution < 1.29 is 23.4 Å². The number of carbonyl (C=O) groups excluding carboxylic acids is 1. The summed E-state index contributed by atoms with van der Waals surface area (Å²) in [5, 5.41) is 0.424. The van der Waals surface area contributed by atoms with Crippen LogP contribution in [0.4, 0.5) is 4.39 Å². The van der Waals surface area contributed by atoms with E-state index in [2.05, 4.69) is 20.9 Å². The number of halogens is 3. The number of aromatic nitrogens is 1. The van der Waals surface area contributed by atoms with E-state index in [0.717, 1.165) is 11.1 Å². The van der Waals surface area contributed by atoms with Crippen molar-refractivity contribution in [3.8, 4) is 11.5 Å². The normalized spacial score (nSPS) is 14.9. The van der Waals surface area contributed by atoms with Gasteiger partial charge in [0, 0.05) is 10.6 Å². The number of ether oxygens (including phenoxy) is 3. The minimum atomic E-state index is -0.858. The van der Waals surface area contributed by atoms with E-state index in [9.17, 15) is 14.0 Å². The van der Waals surface area contributed by atoms with Crippen molar-refractivity contribution in [2.45, 2.75) is 19.6 Å². The molecule has 0 saturated carbocycles. The van der Waals surface area contributed by atoms with Gasteiger partial charge in [0.1, 0.15) is 30.0 Å². The average Bonchev–Trinajstić information content (AvgIpc) is 3.26. The number of nitrogens with zero attached hydrogens (tertiary/aromatic N) is 2. The second-order valence-corrected chi connectivity index (χ2v) is 11.4. The zero-order chi connectivity index (χ0) is 29.3. The molecule has 1 atom stereocenters. The number of hydrogen-bond acceptors (Lipinski definition) is 7. The molecule has 7 nitrogen and oxygen atoms in total. The highest BCUT2D eigenvalue weighted by molar-refractivity contribution is 9.10. The van der Waals surface area contributed by atoms with Crippen molar-refractivity contribution >= 4 is 50.9 Å². The van der Waals surface area contributed by atoms with Gasteiger partial charge in [0.05, 0.1) is 34.5 Å². The molecule has 11 heteroatoms. The lowest BCUT2D eigenvalue weighted by Crippen LogP contribution is -2.40. The largest absolute Gasteiger partial charge is 0.496 e. The summed E-state index contributed by atoms with van der Waals surface area (Å²) in [6.45, 7) is 1.97. The third kappa shape index (κ3) is 5.86. The highest BCUT2D eigenvalue weighted by Gasteiger charge is 2.35. The number of hydrogen-bond donors (Lipinski definition) is 0. The van der Waals surface area contributed by atoms with Gasteiger partial charge in [-0.25, -0.2) is 14.2 Å². The van der Waals surface area contributed by atoms with E-state index in [4.69, 9.17) is 25.8 Å². The van der Waals surface area contributed by atoms with Crippen LogP contribution in [0.1, 0.15) is 29.7 Å². The number of esters is 1. The summed E-state index contributed by atoms with van der Waals surface area (Å²) in [5.41, 5.74) is 2.43. The molecular formula is C30H23BrClFN2O5S. The molecule has 0 unspecified atom stereocenters. The molecule has 0 radical (unpaired) electrons. The maximum absolute atomic E-state index is 13.9. The lowest BCUT2D eigenvalue weighted by molar-refractivity contribution is -0.136. The topological polar surface area (TPSA) is 79.1 Å². The number of thiazole rings is 1. The molecule has 0 N–H and O–H groups in total. The molecule has 5 rings (SSSR count). The minimum absolute atomic E-state index is 0.220. The van der Waals surface area contributed by atoms with Crippen LogP contribution in [0.15, 0.2) is 86.2 Å². The molecular weight excluding hydrogens is 635 g/mol. The quantitative estimate of drug-likeness (QED) is 0.244. The summed E-state index contributed by atoms with van der Waals surface area (Å²) in [5.74, 6) is 0.150. The smallest absolute Gasteiger partial charge is 0.338 e. The van der Waals surface area contributed by atoms with Gasteiger partial charge in [0.25, 0.3) is 5.56 Å². The first-order valence-electron chi connectivity index (χ1n) is 12.3. The molecule has 3 aromatic carbocycles. The van der Waals surface area contributed by atoms with Gasteiger partial charge in [-0.15, -0.1) is 0 Å². The number of allylic oxidation sites excluding steroid dienone is 1. The summed E-state index contributed by atoms with van der Waals surface area (Å²) < 4.78 is 32.3. The van der Waals surface area contributed by atoms with E-state index < -0.39 is 12.0 Å². The van der Waals surface area contributed by atoms with Crippen LogP contribution >= 0.6 is 38.9 Å². The number of carbonyl (C=O) groups is 1. The van der Waals surface area contributed by atoms with Crippen LogP contribution in [0.3, 0.4) is 0 Å².